The minimum absolute atomic E-state index is 0.0712. The summed E-state index contributed by atoms with van der Waals surface area (Å²) in [5.41, 5.74) is 0. The van der Waals surface area contributed by atoms with Crippen molar-refractivity contribution in [1.82, 2.24) is 0 Å². The number of cyclic esters (lactones) is 2. The van der Waals surface area contributed by atoms with E-state index in [1.807, 2.05) is 39.8 Å². The first-order chi connectivity index (χ1) is 16.3. The van der Waals surface area contributed by atoms with Crippen LogP contribution < -0.4 is 0 Å². The summed E-state index contributed by atoms with van der Waals surface area (Å²) in [5.74, 6) is -1.25. The van der Waals surface area contributed by atoms with E-state index in [0.717, 1.165) is 0 Å². The van der Waals surface area contributed by atoms with Crippen molar-refractivity contribution in [2.45, 2.75) is 39.9 Å². The molecule has 0 aromatic carbocycles. The lowest BCUT2D eigenvalue weighted by Crippen LogP contribution is -2.33. The van der Waals surface area contributed by atoms with Gasteiger partial charge in [-0.3, -0.25) is 0 Å². The normalized spacial score (nSPS) is 29.9. The molecule has 0 N–H and O–H groups in total. The maximum absolute atomic E-state index is 12.5. The molecule has 1 aliphatic rings. The summed E-state index contributed by atoms with van der Waals surface area (Å²) in [4.78, 5) is 24.9. The maximum atomic E-state index is 12.5. The fraction of sp³-hybridized carbons (Fsp3) is 0.615. The molecule has 1 rings (SSSR count). The van der Waals surface area contributed by atoms with Crippen LogP contribution in [0.15, 0.2) is 48.6 Å². The number of esters is 2. The van der Waals surface area contributed by atoms with Crippen LogP contribution in [-0.2, 0) is 38.0 Å². The summed E-state index contributed by atoms with van der Waals surface area (Å²) in [6, 6.07) is 0. The molecular weight excluding hydrogens is 440 g/mol. The zero-order valence-corrected chi connectivity index (χ0v) is 21.2. The van der Waals surface area contributed by atoms with Gasteiger partial charge in [0.1, 0.15) is 25.8 Å². The molecule has 192 valence electrons. The first-order valence-corrected chi connectivity index (χ1v) is 11.5. The van der Waals surface area contributed by atoms with Crippen molar-refractivity contribution < 1.29 is 38.0 Å². The third kappa shape index (κ3) is 11.7. The van der Waals surface area contributed by atoms with Gasteiger partial charge in [-0.1, -0.05) is 64.2 Å². The fourth-order valence-electron chi connectivity index (χ4n) is 3.62. The van der Waals surface area contributed by atoms with Gasteiger partial charge in [-0.25, -0.2) is 9.59 Å². The third-order valence-corrected chi connectivity index (χ3v) is 5.34. The van der Waals surface area contributed by atoms with Crippen molar-refractivity contribution in [1.29, 1.82) is 0 Å². The molecular formula is C26H40O8. The zero-order valence-electron chi connectivity index (χ0n) is 21.2. The van der Waals surface area contributed by atoms with Crippen molar-refractivity contribution in [2.75, 3.05) is 41.0 Å². The van der Waals surface area contributed by atoms with Gasteiger partial charge in [0.15, 0.2) is 0 Å². The van der Waals surface area contributed by atoms with Gasteiger partial charge in [0.25, 0.3) is 0 Å². The topological polar surface area (TPSA) is 89.5 Å². The van der Waals surface area contributed by atoms with E-state index in [0.29, 0.717) is 13.2 Å². The molecule has 0 amide bonds. The van der Waals surface area contributed by atoms with Crippen molar-refractivity contribution in [3.05, 3.63) is 48.6 Å². The minimum atomic E-state index is -0.437. The Kier molecular flexibility index (Phi) is 15.1. The summed E-state index contributed by atoms with van der Waals surface area (Å²) in [7, 11) is 3.11. The second-order valence-electron chi connectivity index (χ2n) is 8.52. The molecule has 34 heavy (non-hydrogen) atoms. The molecule has 0 aromatic rings. The highest BCUT2D eigenvalue weighted by Gasteiger charge is 2.27. The standard InChI is InChI=1S/C26H40O8/c1-19-11-7-9-13-24(28)34-26(22(4)16-32-18-30-6)20(2)12-8-10-14-23(27)33-25(19)21(3)15-31-17-29-5/h7-14,19-22,25-26H,15-18H2,1-6H3/b11-7+,12-8+,13-9+,14-10+. The summed E-state index contributed by atoms with van der Waals surface area (Å²) >= 11 is 0. The molecule has 0 aromatic heterocycles. The lowest BCUT2D eigenvalue weighted by atomic mass is 9.93. The van der Waals surface area contributed by atoms with Gasteiger partial charge in [-0.05, 0) is 0 Å². The fourth-order valence-corrected chi connectivity index (χ4v) is 3.62. The predicted molar refractivity (Wildman–Crippen MR) is 129 cm³/mol. The van der Waals surface area contributed by atoms with Crippen LogP contribution in [0.1, 0.15) is 27.7 Å². The van der Waals surface area contributed by atoms with E-state index in [-0.39, 0.29) is 37.3 Å². The summed E-state index contributed by atoms with van der Waals surface area (Å²) < 4.78 is 32.2. The average Bonchev–Trinajstić information content (AvgIpc) is 2.80. The number of carbonyl (C=O) groups is 2. The number of rotatable bonds is 10. The Morgan fingerprint density at radius 3 is 1.47 bits per heavy atom. The molecule has 0 saturated carbocycles. The Morgan fingerprint density at radius 1 is 0.735 bits per heavy atom. The van der Waals surface area contributed by atoms with Gasteiger partial charge < -0.3 is 28.4 Å². The Bertz CT molecular complexity index is 652. The molecule has 0 bridgehead atoms. The predicted octanol–water partition coefficient (Wildman–Crippen LogP) is 3.83. The van der Waals surface area contributed by atoms with Crippen LogP contribution in [0.3, 0.4) is 0 Å². The highest BCUT2D eigenvalue weighted by molar-refractivity contribution is 5.83. The Labute approximate surface area is 203 Å². The maximum Gasteiger partial charge on any atom is 0.331 e. The van der Waals surface area contributed by atoms with E-state index in [1.165, 1.54) is 12.2 Å². The van der Waals surface area contributed by atoms with Gasteiger partial charge in [0, 0.05) is 50.0 Å². The number of ether oxygens (including phenoxy) is 6. The van der Waals surface area contributed by atoms with Crippen molar-refractivity contribution in [3.63, 3.8) is 0 Å². The minimum Gasteiger partial charge on any atom is -0.458 e. The quantitative estimate of drug-likeness (QED) is 0.265. The number of hydrogen-bond acceptors (Lipinski definition) is 8. The van der Waals surface area contributed by atoms with Crippen LogP contribution >= 0.6 is 0 Å². The lowest BCUT2D eigenvalue weighted by molar-refractivity contribution is -0.151. The molecule has 8 heteroatoms. The van der Waals surface area contributed by atoms with Gasteiger partial charge in [-0.15, -0.1) is 0 Å². The van der Waals surface area contributed by atoms with E-state index < -0.39 is 24.1 Å². The second kappa shape index (κ2) is 17.2. The van der Waals surface area contributed by atoms with Crippen LogP contribution in [-0.4, -0.2) is 65.2 Å². The molecule has 0 radical (unpaired) electrons. The van der Waals surface area contributed by atoms with Gasteiger partial charge in [-0.2, -0.15) is 0 Å². The van der Waals surface area contributed by atoms with Crippen LogP contribution in [0.4, 0.5) is 0 Å². The number of carbonyl (C=O) groups excluding carboxylic acids is 2. The summed E-state index contributed by atoms with van der Waals surface area (Å²) in [6.45, 7) is 8.88. The molecule has 6 unspecified atom stereocenters. The van der Waals surface area contributed by atoms with Gasteiger partial charge >= 0.3 is 11.9 Å². The van der Waals surface area contributed by atoms with Gasteiger partial charge in [0.2, 0.25) is 0 Å². The van der Waals surface area contributed by atoms with Crippen LogP contribution in [0.5, 0.6) is 0 Å². The molecule has 1 aliphatic heterocycles. The zero-order chi connectivity index (χ0) is 25.3. The molecule has 0 fully saturated rings. The van der Waals surface area contributed by atoms with E-state index in [4.69, 9.17) is 28.4 Å². The Balaban J connectivity index is 3.04. The van der Waals surface area contributed by atoms with Crippen LogP contribution in [0, 0.1) is 23.7 Å². The van der Waals surface area contributed by atoms with Gasteiger partial charge in [0.05, 0.1) is 13.2 Å². The third-order valence-electron chi connectivity index (χ3n) is 5.34. The number of hydrogen-bond donors (Lipinski definition) is 0. The molecule has 0 saturated heterocycles. The van der Waals surface area contributed by atoms with Crippen molar-refractivity contribution >= 4 is 11.9 Å². The van der Waals surface area contributed by atoms with Crippen molar-refractivity contribution in [3.8, 4) is 0 Å². The van der Waals surface area contributed by atoms with Crippen molar-refractivity contribution in [2.24, 2.45) is 23.7 Å². The van der Waals surface area contributed by atoms with E-state index in [2.05, 4.69) is 0 Å². The summed E-state index contributed by atoms with van der Waals surface area (Å²) in [6.07, 6.45) is 12.4. The first kappa shape index (κ1) is 29.8. The van der Waals surface area contributed by atoms with E-state index >= 15 is 0 Å². The molecule has 1 heterocycles. The van der Waals surface area contributed by atoms with Crippen LogP contribution in [0.25, 0.3) is 0 Å². The monoisotopic (exact) mass is 480 g/mol. The lowest BCUT2D eigenvalue weighted by Gasteiger charge is -2.27. The Hall–Kier alpha value is -2.26. The van der Waals surface area contributed by atoms with E-state index in [1.54, 1.807) is 38.5 Å². The second-order valence-corrected chi connectivity index (χ2v) is 8.52. The molecule has 8 nitrogen and oxygen atoms in total. The largest absolute Gasteiger partial charge is 0.458 e. The number of methoxy groups -OCH3 is 2. The molecule has 0 aliphatic carbocycles. The Morgan fingerprint density at radius 2 is 1.12 bits per heavy atom. The number of allylic oxidation sites excluding steroid dienone is 4. The smallest absolute Gasteiger partial charge is 0.331 e. The molecule has 6 atom stereocenters. The molecule has 0 spiro atoms. The highest BCUT2D eigenvalue weighted by atomic mass is 16.7. The highest BCUT2D eigenvalue weighted by Crippen LogP contribution is 2.21. The average molecular weight is 481 g/mol. The SMILES string of the molecule is COCOCC(C)C1OC(=O)/C=C/C=C/C(C)C(C(C)COCOC)OC(=O)/C=C/C=C/C1C. The summed E-state index contributed by atoms with van der Waals surface area (Å²) in [5, 5.41) is 0. The van der Waals surface area contributed by atoms with Crippen LogP contribution in [0.2, 0.25) is 0 Å². The first-order valence-electron chi connectivity index (χ1n) is 11.5. The van der Waals surface area contributed by atoms with E-state index in [9.17, 15) is 9.59 Å².